The molecule has 4 rings (SSSR count). The molecule has 1 aliphatic rings. The number of aromatic nitrogens is 5. The van der Waals surface area contributed by atoms with Gasteiger partial charge >= 0.3 is 0 Å². The van der Waals surface area contributed by atoms with E-state index in [4.69, 9.17) is 4.52 Å². The standard InChI is InChI=1S/C19H24N6O2/c1-12-10-16(23-27-12)17-6-4-5-9-24(17)18(26)8-7-15-13(2)22-19-20-11-21-25(19)14(15)3/h10-11,17H,4-9H2,1-3H3/t17-/m1/s1. The first-order valence-electron chi connectivity index (χ1n) is 9.43. The predicted octanol–water partition coefficient (Wildman–Crippen LogP) is 2.72. The smallest absolute Gasteiger partial charge is 0.252 e. The van der Waals surface area contributed by atoms with Crippen molar-refractivity contribution >= 4 is 11.7 Å². The second-order valence-electron chi connectivity index (χ2n) is 7.19. The molecular formula is C19H24N6O2. The van der Waals surface area contributed by atoms with Crippen molar-refractivity contribution in [3.8, 4) is 0 Å². The van der Waals surface area contributed by atoms with E-state index in [-0.39, 0.29) is 11.9 Å². The SMILES string of the molecule is Cc1cc([C@H]2CCCCN2C(=O)CCc2c(C)nc3ncnn3c2C)no1. The highest BCUT2D eigenvalue weighted by molar-refractivity contribution is 5.77. The van der Waals surface area contributed by atoms with Crippen molar-refractivity contribution in [3.05, 3.63) is 40.8 Å². The third-order valence-corrected chi connectivity index (χ3v) is 5.39. The van der Waals surface area contributed by atoms with Crippen LogP contribution < -0.4 is 0 Å². The Labute approximate surface area is 157 Å². The molecule has 1 fully saturated rings. The molecule has 1 atom stereocenters. The van der Waals surface area contributed by atoms with Gasteiger partial charge in [0.15, 0.2) is 0 Å². The van der Waals surface area contributed by atoms with Crippen LogP contribution in [0.4, 0.5) is 0 Å². The number of likely N-dealkylation sites (tertiary alicyclic amines) is 1. The highest BCUT2D eigenvalue weighted by Crippen LogP contribution is 2.31. The first-order chi connectivity index (χ1) is 13.0. The summed E-state index contributed by atoms with van der Waals surface area (Å²) in [4.78, 5) is 23.6. The average Bonchev–Trinajstić information content (AvgIpc) is 3.30. The number of carbonyl (C=O) groups excluding carboxylic acids is 1. The van der Waals surface area contributed by atoms with Crippen LogP contribution in [-0.4, -0.2) is 42.1 Å². The maximum absolute atomic E-state index is 13.0. The van der Waals surface area contributed by atoms with Crippen LogP contribution in [0.1, 0.15) is 60.1 Å². The van der Waals surface area contributed by atoms with Crippen molar-refractivity contribution in [2.24, 2.45) is 0 Å². The summed E-state index contributed by atoms with van der Waals surface area (Å²) in [6, 6.07) is 1.95. The fourth-order valence-electron chi connectivity index (χ4n) is 3.97. The number of aryl methyl sites for hydroxylation is 3. The number of hydrogen-bond donors (Lipinski definition) is 0. The van der Waals surface area contributed by atoms with Gasteiger partial charge in [0.1, 0.15) is 17.8 Å². The summed E-state index contributed by atoms with van der Waals surface area (Å²) in [6.07, 6.45) is 5.65. The molecule has 0 aromatic carbocycles. The maximum Gasteiger partial charge on any atom is 0.252 e. The summed E-state index contributed by atoms with van der Waals surface area (Å²) >= 11 is 0. The molecule has 0 saturated carbocycles. The highest BCUT2D eigenvalue weighted by atomic mass is 16.5. The monoisotopic (exact) mass is 368 g/mol. The Morgan fingerprint density at radius 3 is 2.93 bits per heavy atom. The first kappa shape index (κ1) is 17.6. The molecule has 4 heterocycles. The number of carbonyl (C=O) groups is 1. The zero-order chi connectivity index (χ0) is 19.0. The lowest BCUT2D eigenvalue weighted by Gasteiger charge is -2.34. The van der Waals surface area contributed by atoms with Crippen molar-refractivity contribution < 1.29 is 9.32 Å². The molecule has 0 radical (unpaired) electrons. The quantitative estimate of drug-likeness (QED) is 0.703. The van der Waals surface area contributed by atoms with Gasteiger partial charge < -0.3 is 9.42 Å². The Bertz CT molecular complexity index is 976. The Balaban J connectivity index is 1.51. The maximum atomic E-state index is 13.0. The molecule has 1 amide bonds. The minimum Gasteiger partial charge on any atom is -0.361 e. The van der Waals surface area contributed by atoms with Gasteiger partial charge in [0.25, 0.3) is 5.78 Å². The molecule has 0 unspecified atom stereocenters. The van der Waals surface area contributed by atoms with Crippen molar-refractivity contribution in [3.63, 3.8) is 0 Å². The predicted molar refractivity (Wildman–Crippen MR) is 98.1 cm³/mol. The Morgan fingerprint density at radius 2 is 2.15 bits per heavy atom. The Hall–Kier alpha value is -2.77. The first-order valence-corrected chi connectivity index (χ1v) is 9.43. The van der Waals surface area contributed by atoms with E-state index >= 15 is 0 Å². The molecule has 0 aliphatic carbocycles. The summed E-state index contributed by atoms with van der Waals surface area (Å²) in [6.45, 7) is 6.61. The molecule has 0 bridgehead atoms. The average molecular weight is 368 g/mol. The molecule has 27 heavy (non-hydrogen) atoms. The van der Waals surface area contributed by atoms with E-state index in [0.717, 1.165) is 54.2 Å². The summed E-state index contributed by atoms with van der Waals surface area (Å²) < 4.78 is 6.96. The molecule has 0 N–H and O–H groups in total. The lowest BCUT2D eigenvalue weighted by molar-refractivity contribution is -0.135. The molecule has 1 aliphatic heterocycles. The van der Waals surface area contributed by atoms with Crippen LogP contribution in [0.2, 0.25) is 0 Å². The van der Waals surface area contributed by atoms with Crippen LogP contribution >= 0.6 is 0 Å². The van der Waals surface area contributed by atoms with E-state index in [9.17, 15) is 4.79 Å². The summed E-state index contributed by atoms with van der Waals surface area (Å²) in [5.41, 5.74) is 3.82. The van der Waals surface area contributed by atoms with Crippen molar-refractivity contribution in [1.29, 1.82) is 0 Å². The van der Waals surface area contributed by atoms with Crippen LogP contribution in [0, 0.1) is 20.8 Å². The lowest BCUT2D eigenvalue weighted by Crippen LogP contribution is -2.38. The minimum atomic E-state index is 0.0156. The topological polar surface area (TPSA) is 89.4 Å². The van der Waals surface area contributed by atoms with E-state index in [1.165, 1.54) is 6.33 Å². The van der Waals surface area contributed by atoms with Gasteiger partial charge in [0, 0.05) is 30.4 Å². The Kier molecular flexibility index (Phi) is 4.63. The van der Waals surface area contributed by atoms with Crippen LogP contribution in [0.25, 0.3) is 5.78 Å². The van der Waals surface area contributed by atoms with Crippen LogP contribution in [0.15, 0.2) is 16.9 Å². The molecule has 142 valence electrons. The van der Waals surface area contributed by atoms with E-state index in [1.54, 1.807) is 4.52 Å². The van der Waals surface area contributed by atoms with Gasteiger partial charge in [-0.05, 0) is 52.0 Å². The van der Waals surface area contributed by atoms with Crippen LogP contribution in [0.3, 0.4) is 0 Å². The van der Waals surface area contributed by atoms with E-state index in [1.807, 2.05) is 31.7 Å². The van der Waals surface area contributed by atoms with E-state index in [2.05, 4.69) is 20.2 Å². The van der Waals surface area contributed by atoms with E-state index < -0.39 is 0 Å². The molecule has 1 saturated heterocycles. The van der Waals surface area contributed by atoms with E-state index in [0.29, 0.717) is 18.6 Å². The largest absolute Gasteiger partial charge is 0.361 e. The van der Waals surface area contributed by atoms with Crippen LogP contribution in [-0.2, 0) is 11.2 Å². The third kappa shape index (κ3) is 3.31. The normalized spacial score (nSPS) is 17.6. The van der Waals surface area contributed by atoms with Crippen LogP contribution in [0.5, 0.6) is 0 Å². The van der Waals surface area contributed by atoms with Gasteiger partial charge in [0.2, 0.25) is 5.91 Å². The molecule has 0 spiro atoms. The summed E-state index contributed by atoms with van der Waals surface area (Å²) in [5.74, 6) is 1.52. The lowest BCUT2D eigenvalue weighted by atomic mass is 9.97. The molecule has 8 nitrogen and oxygen atoms in total. The van der Waals surface area contributed by atoms with Crippen molar-refractivity contribution in [2.75, 3.05) is 6.54 Å². The highest BCUT2D eigenvalue weighted by Gasteiger charge is 2.30. The Morgan fingerprint density at radius 1 is 1.30 bits per heavy atom. The number of piperidine rings is 1. The molecule has 3 aromatic heterocycles. The molecular weight excluding hydrogens is 344 g/mol. The number of rotatable bonds is 4. The molecule has 8 heteroatoms. The van der Waals surface area contributed by atoms with Crippen molar-refractivity contribution in [1.82, 2.24) is 29.6 Å². The van der Waals surface area contributed by atoms with Gasteiger partial charge in [-0.1, -0.05) is 5.16 Å². The van der Waals surface area contributed by atoms with Crippen molar-refractivity contribution in [2.45, 2.75) is 58.9 Å². The van der Waals surface area contributed by atoms with Gasteiger partial charge in [-0.15, -0.1) is 0 Å². The molecule has 3 aromatic rings. The number of nitrogens with zero attached hydrogens (tertiary/aromatic N) is 6. The summed E-state index contributed by atoms with van der Waals surface area (Å²) in [5, 5.41) is 8.37. The van der Waals surface area contributed by atoms with Gasteiger partial charge in [-0.25, -0.2) is 9.50 Å². The number of fused-ring (bicyclic) bond motifs is 1. The third-order valence-electron chi connectivity index (χ3n) is 5.39. The van der Waals surface area contributed by atoms with Gasteiger partial charge in [-0.3, -0.25) is 4.79 Å². The second kappa shape index (κ2) is 7.09. The number of hydrogen-bond acceptors (Lipinski definition) is 6. The minimum absolute atomic E-state index is 0.0156. The zero-order valence-electron chi connectivity index (χ0n) is 16.0. The fraction of sp³-hybridized carbons (Fsp3) is 0.526. The number of amides is 1. The second-order valence-corrected chi connectivity index (χ2v) is 7.19. The van der Waals surface area contributed by atoms with Gasteiger partial charge in [0.05, 0.1) is 6.04 Å². The van der Waals surface area contributed by atoms with Gasteiger partial charge in [-0.2, -0.15) is 10.1 Å². The summed E-state index contributed by atoms with van der Waals surface area (Å²) in [7, 11) is 0. The zero-order valence-corrected chi connectivity index (χ0v) is 16.0. The fourth-order valence-corrected chi connectivity index (χ4v) is 3.97.